The summed E-state index contributed by atoms with van der Waals surface area (Å²) in [7, 11) is 0. The van der Waals surface area contributed by atoms with Gasteiger partial charge >= 0.3 is 0 Å². The van der Waals surface area contributed by atoms with Crippen molar-refractivity contribution in [2.45, 2.75) is 31.5 Å². The Bertz CT molecular complexity index is 597. The molecule has 1 N–H and O–H groups in total. The molecule has 2 fully saturated rings. The van der Waals surface area contributed by atoms with Crippen LogP contribution in [0.3, 0.4) is 0 Å². The van der Waals surface area contributed by atoms with Gasteiger partial charge in [0.2, 0.25) is 5.91 Å². The van der Waals surface area contributed by atoms with Crippen LogP contribution in [0, 0.1) is 0 Å². The van der Waals surface area contributed by atoms with Gasteiger partial charge < -0.3 is 19.7 Å². The Hall–Kier alpha value is -2.06. The Labute approximate surface area is 140 Å². The molecule has 24 heavy (non-hydrogen) atoms. The summed E-state index contributed by atoms with van der Waals surface area (Å²) in [5.74, 6) is -0.164. The second-order valence-electron chi connectivity index (χ2n) is 6.30. The van der Waals surface area contributed by atoms with Crippen molar-refractivity contribution in [3.63, 3.8) is 0 Å². The van der Waals surface area contributed by atoms with Gasteiger partial charge in [0, 0.05) is 20.0 Å². The van der Waals surface area contributed by atoms with Crippen LogP contribution in [-0.2, 0) is 14.3 Å². The highest BCUT2D eigenvalue weighted by Gasteiger charge is 2.43. The fourth-order valence-corrected chi connectivity index (χ4v) is 3.17. The van der Waals surface area contributed by atoms with Gasteiger partial charge in [-0.2, -0.15) is 10.2 Å². The maximum absolute atomic E-state index is 12.1. The average molecular weight is 334 g/mol. The molecular formula is C16H22N4O4. The molecule has 1 spiro atoms. The standard InChI is InChI=1S/C16H22N4O4/c1-12(21)20-6-7-23-11-16(10-20)4-2-14(24-16)9-17-15(22)13-3-5-18-19-8-13/h3,5,8,14H,2,4,6-7,9-11H2,1H3,(H,17,22)/t14-,16-/m0/s1. The molecule has 0 unspecified atom stereocenters. The molecule has 2 atom stereocenters. The second-order valence-corrected chi connectivity index (χ2v) is 6.30. The number of aromatic nitrogens is 2. The third kappa shape index (κ3) is 3.88. The van der Waals surface area contributed by atoms with Crippen LogP contribution in [0.1, 0.15) is 30.1 Å². The summed E-state index contributed by atoms with van der Waals surface area (Å²) in [4.78, 5) is 25.5. The lowest BCUT2D eigenvalue weighted by Crippen LogP contribution is -2.46. The summed E-state index contributed by atoms with van der Waals surface area (Å²) in [6, 6.07) is 1.61. The highest BCUT2D eigenvalue weighted by Crippen LogP contribution is 2.32. The lowest BCUT2D eigenvalue weighted by Gasteiger charge is -2.31. The highest BCUT2D eigenvalue weighted by molar-refractivity contribution is 5.93. The Morgan fingerprint density at radius 3 is 3.08 bits per heavy atom. The van der Waals surface area contributed by atoms with Crippen molar-refractivity contribution in [1.29, 1.82) is 0 Å². The van der Waals surface area contributed by atoms with E-state index < -0.39 is 5.60 Å². The first-order chi connectivity index (χ1) is 11.6. The van der Waals surface area contributed by atoms with Crippen LogP contribution in [0.2, 0.25) is 0 Å². The normalized spacial score (nSPS) is 27.0. The Morgan fingerprint density at radius 1 is 1.46 bits per heavy atom. The summed E-state index contributed by atoms with van der Waals surface area (Å²) in [6.45, 7) is 4.13. The molecule has 1 aromatic heterocycles. The molecule has 2 amide bonds. The van der Waals surface area contributed by atoms with Gasteiger partial charge in [-0.1, -0.05) is 0 Å². The van der Waals surface area contributed by atoms with Crippen molar-refractivity contribution in [1.82, 2.24) is 20.4 Å². The van der Waals surface area contributed by atoms with E-state index in [1.807, 2.05) is 0 Å². The predicted octanol–water partition coefficient (Wildman–Crippen LogP) is 0.00290. The van der Waals surface area contributed by atoms with Crippen molar-refractivity contribution in [3.05, 3.63) is 24.0 Å². The largest absolute Gasteiger partial charge is 0.377 e. The fraction of sp³-hybridized carbons (Fsp3) is 0.625. The topological polar surface area (TPSA) is 93.7 Å². The Balaban J connectivity index is 1.55. The van der Waals surface area contributed by atoms with Crippen molar-refractivity contribution < 1.29 is 19.1 Å². The lowest BCUT2D eigenvalue weighted by molar-refractivity contribution is -0.133. The van der Waals surface area contributed by atoms with Gasteiger partial charge in [-0.15, -0.1) is 0 Å². The van der Waals surface area contributed by atoms with Crippen LogP contribution >= 0.6 is 0 Å². The van der Waals surface area contributed by atoms with Crippen LogP contribution in [0.4, 0.5) is 0 Å². The number of hydrogen-bond acceptors (Lipinski definition) is 6. The van der Waals surface area contributed by atoms with E-state index in [9.17, 15) is 9.59 Å². The molecule has 0 bridgehead atoms. The SMILES string of the molecule is CC(=O)N1CCOC[C@]2(CC[C@@H](CNC(=O)c3ccnnc3)O2)C1. The molecule has 130 valence electrons. The van der Waals surface area contributed by atoms with E-state index in [-0.39, 0.29) is 17.9 Å². The highest BCUT2D eigenvalue weighted by atomic mass is 16.6. The second kappa shape index (κ2) is 7.23. The van der Waals surface area contributed by atoms with Gasteiger partial charge in [-0.05, 0) is 18.9 Å². The first-order valence-corrected chi connectivity index (χ1v) is 8.14. The molecule has 1 aromatic rings. The maximum atomic E-state index is 12.1. The van der Waals surface area contributed by atoms with E-state index in [0.29, 0.717) is 38.4 Å². The monoisotopic (exact) mass is 334 g/mol. The molecule has 0 aliphatic carbocycles. The molecular weight excluding hydrogens is 312 g/mol. The number of carbonyl (C=O) groups is 2. The van der Waals surface area contributed by atoms with E-state index >= 15 is 0 Å². The zero-order valence-corrected chi connectivity index (χ0v) is 13.7. The number of nitrogens with one attached hydrogen (secondary N) is 1. The van der Waals surface area contributed by atoms with Gasteiger partial charge in [0.25, 0.3) is 5.91 Å². The molecule has 2 aliphatic heterocycles. The molecule has 2 aliphatic rings. The zero-order valence-electron chi connectivity index (χ0n) is 13.7. The number of carbonyl (C=O) groups excluding carboxylic acids is 2. The van der Waals surface area contributed by atoms with Gasteiger partial charge in [-0.25, -0.2) is 0 Å². The smallest absolute Gasteiger partial charge is 0.253 e. The van der Waals surface area contributed by atoms with Gasteiger partial charge in [0.1, 0.15) is 5.60 Å². The third-order valence-corrected chi connectivity index (χ3v) is 4.47. The van der Waals surface area contributed by atoms with Gasteiger partial charge in [0.05, 0.1) is 43.8 Å². The van der Waals surface area contributed by atoms with E-state index in [1.165, 1.54) is 12.4 Å². The summed E-state index contributed by atoms with van der Waals surface area (Å²) >= 11 is 0. The van der Waals surface area contributed by atoms with Crippen LogP contribution in [0.15, 0.2) is 18.5 Å². The van der Waals surface area contributed by atoms with Gasteiger partial charge in [0.15, 0.2) is 0 Å². The third-order valence-electron chi connectivity index (χ3n) is 4.47. The number of amides is 2. The molecule has 0 saturated carbocycles. The lowest BCUT2D eigenvalue weighted by atomic mass is 10.00. The first kappa shape index (κ1) is 16.8. The minimum atomic E-state index is -0.463. The van der Waals surface area contributed by atoms with E-state index in [4.69, 9.17) is 9.47 Å². The van der Waals surface area contributed by atoms with Crippen molar-refractivity contribution in [3.8, 4) is 0 Å². The molecule has 0 aromatic carbocycles. The Morgan fingerprint density at radius 2 is 2.33 bits per heavy atom. The number of rotatable bonds is 3. The molecule has 8 heteroatoms. The summed E-state index contributed by atoms with van der Waals surface area (Å²) in [5, 5.41) is 10.2. The maximum Gasteiger partial charge on any atom is 0.253 e. The summed E-state index contributed by atoms with van der Waals surface area (Å²) < 4.78 is 11.8. The Kier molecular flexibility index (Phi) is 5.06. The quantitative estimate of drug-likeness (QED) is 0.836. The van der Waals surface area contributed by atoms with Crippen molar-refractivity contribution in [2.24, 2.45) is 0 Å². The van der Waals surface area contributed by atoms with Crippen LogP contribution in [0.5, 0.6) is 0 Å². The molecule has 8 nitrogen and oxygen atoms in total. The molecule has 3 heterocycles. The number of hydrogen-bond donors (Lipinski definition) is 1. The fourth-order valence-electron chi connectivity index (χ4n) is 3.17. The molecule has 0 radical (unpaired) electrons. The molecule has 2 saturated heterocycles. The van der Waals surface area contributed by atoms with E-state index in [2.05, 4.69) is 15.5 Å². The summed E-state index contributed by atoms with van der Waals surface area (Å²) in [6.07, 6.45) is 4.46. The first-order valence-electron chi connectivity index (χ1n) is 8.14. The zero-order chi connectivity index (χ0) is 17.0. The predicted molar refractivity (Wildman–Crippen MR) is 84.3 cm³/mol. The minimum Gasteiger partial charge on any atom is -0.377 e. The van der Waals surface area contributed by atoms with E-state index in [1.54, 1.807) is 17.9 Å². The van der Waals surface area contributed by atoms with Crippen LogP contribution in [-0.4, -0.2) is 71.5 Å². The number of nitrogens with zero attached hydrogens (tertiary/aromatic N) is 3. The molecule has 3 rings (SSSR count). The minimum absolute atomic E-state index is 0.0328. The van der Waals surface area contributed by atoms with Crippen LogP contribution in [0.25, 0.3) is 0 Å². The van der Waals surface area contributed by atoms with Gasteiger partial charge in [-0.3, -0.25) is 9.59 Å². The van der Waals surface area contributed by atoms with Crippen molar-refractivity contribution in [2.75, 3.05) is 32.8 Å². The van der Waals surface area contributed by atoms with E-state index in [0.717, 1.165) is 12.8 Å². The summed E-state index contributed by atoms with van der Waals surface area (Å²) in [5.41, 5.74) is 0.00810. The number of ether oxygens (including phenoxy) is 2. The van der Waals surface area contributed by atoms with Crippen molar-refractivity contribution >= 4 is 11.8 Å². The van der Waals surface area contributed by atoms with Crippen LogP contribution < -0.4 is 5.32 Å². The average Bonchev–Trinajstić information content (AvgIpc) is 2.86.